The molecule has 138 valence electrons. The summed E-state index contributed by atoms with van der Waals surface area (Å²) in [4.78, 5) is 10.0. The summed E-state index contributed by atoms with van der Waals surface area (Å²) in [7, 11) is 0. The molecule has 6 nitrogen and oxygen atoms in total. The highest BCUT2D eigenvalue weighted by Crippen LogP contribution is 2.36. The van der Waals surface area contributed by atoms with Crippen LogP contribution in [0.3, 0.4) is 0 Å². The average molecular weight is 372 g/mol. The van der Waals surface area contributed by atoms with Crippen LogP contribution in [0.1, 0.15) is 11.4 Å². The first kappa shape index (κ1) is 16.9. The summed E-state index contributed by atoms with van der Waals surface area (Å²) in [6.45, 7) is 3.94. The van der Waals surface area contributed by atoms with Crippen molar-refractivity contribution in [2.24, 2.45) is 0 Å². The molecule has 1 N–H and O–H groups in total. The molecule has 1 aliphatic heterocycles. The van der Waals surface area contributed by atoms with E-state index in [2.05, 4.69) is 20.4 Å². The molecule has 0 aliphatic carbocycles. The first-order valence-electron chi connectivity index (χ1n) is 7.85. The highest BCUT2D eigenvalue weighted by Gasteiger charge is 2.37. The Hall–Kier alpha value is -2.56. The molecule has 4 rings (SSSR count). The number of fused-ring (bicyclic) bond motifs is 3. The summed E-state index contributed by atoms with van der Waals surface area (Å²) in [6.07, 6.45) is -5.04. The predicted octanol–water partition coefficient (Wildman–Crippen LogP) is 2.29. The van der Waals surface area contributed by atoms with E-state index >= 15 is 0 Å². The minimum atomic E-state index is -5.04. The molecule has 0 atom stereocenters. The maximum Gasteiger partial charge on any atom is 0.419 e. The van der Waals surface area contributed by atoms with Gasteiger partial charge in [0.05, 0.1) is 5.56 Å². The van der Waals surface area contributed by atoms with Crippen molar-refractivity contribution in [1.29, 1.82) is 0 Å². The van der Waals surface area contributed by atoms with E-state index < -0.39 is 28.9 Å². The van der Waals surface area contributed by atoms with Crippen LogP contribution in [0, 0.1) is 18.6 Å². The van der Waals surface area contributed by atoms with Crippen LogP contribution < -0.4 is 10.2 Å². The Kier molecular flexibility index (Phi) is 3.72. The third kappa shape index (κ3) is 2.54. The van der Waals surface area contributed by atoms with Crippen molar-refractivity contribution in [2.75, 3.05) is 31.1 Å². The van der Waals surface area contributed by atoms with E-state index in [4.69, 9.17) is 0 Å². The lowest BCUT2D eigenvalue weighted by Gasteiger charge is -2.28. The van der Waals surface area contributed by atoms with Crippen LogP contribution in [-0.2, 0) is 6.18 Å². The predicted molar refractivity (Wildman–Crippen MR) is 83.0 cm³/mol. The Morgan fingerprint density at radius 1 is 1.08 bits per heavy atom. The zero-order valence-electron chi connectivity index (χ0n) is 13.5. The Labute approximate surface area is 143 Å². The lowest BCUT2D eigenvalue weighted by molar-refractivity contribution is -0.140. The fourth-order valence-electron chi connectivity index (χ4n) is 3.05. The van der Waals surface area contributed by atoms with Crippen molar-refractivity contribution in [2.45, 2.75) is 13.1 Å². The van der Waals surface area contributed by atoms with Crippen LogP contribution in [0.25, 0.3) is 16.6 Å². The first-order chi connectivity index (χ1) is 12.3. The molecule has 0 saturated carbocycles. The van der Waals surface area contributed by atoms with Gasteiger partial charge in [-0.3, -0.25) is 0 Å². The van der Waals surface area contributed by atoms with Gasteiger partial charge in [-0.2, -0.15) is 17.7 Å². The van der Waals surface area contributed by atoms with E-state index in [0.29, 0.717) is 32.2 Å². The fourth-order valence-corrected chi connectivity index (χ4v) is 3.05. The van der Waals surface area contributed by atoms with Crippen molar-refractivity contribution in [3.05, 3.63) is 29.1 Å². The molecule has 26 heavy (non-hydrogen) atoms. The SMILES string of the molecule is Cc1nc2c3cc(C(F)(F)F)c(F)c(F)c3nc(N3CCNCC3)n2n1. The summed E-state index contributed by atoms with van der Waals surface area (Å²) in [5.41, 5.74) is -2.18. The molecular formula is C15H13F5N6. The van der Waals surface area contributed by atoms with Gasteiger partial charge in [-0.25, -0.2) is 18.7 Å². The molecular weight excluding hydrogens is 359 g/mol. The van der Waals surface area contributed by atoms with Gasteiger partial charge in [0.25, 0.3) is 0 Å². The number of hydrogen-bond acceptors (Lipinski definition) is 5. The number of halogens is 5. The molecule has 1 aromatic carbocycles. The van der Waals surface area contributed by atoms with E-state index in [0.717, 1.165) is 0 Å². The lowest BCUT2D eigenvalue weighted by atomic mass is 10.1. The van der Waals surface area contributed by atoms with E-state index in [1.165, 1.54) is 4.52 Å². The second-order valence-electron chi connectivity index (χ2n) is 5.99. The second-order valence-corrected chi connectivity index (χ2v) is 5.99. The molecule has 3 aromatic rings. The standard InChI is InChI=1S/C15H13F5N6/c1-7-22-13-8-6-9(15(18,19)20)10(16)11(17)12(8)23-14(26(13)24-7)25-4-2-21-3-5-25/h6,21H,2-5H2,1H3. The zero-order chi connectivity index (χ0) is 18.6. The maximum absolute atomic E-state index is 14.4. The topological polar surface area (TPSA) is 58.4 Å². The smallest absolute Gasteiger partial charge is 0.338 e. The molecule has 3 heterocycles. The van der Waals surface area contributed by atoms with Gasteiger partial charge in [0.15, 0.2) is 17.3 Å². The molecule has 1 fully saturated rings. The van der Waals surface area contributed by atoms with Crippen molar-refractivity contribution < 1.29 is 22.0 Å². The highest BCUT2D eigenvalue weighted by molar-refractivity contribution is 5.93. The number of anilines is 1. The van der Waals surface area contributed by atoms with Crippen molar-refractivity contribution in [3.63, 3.8) is 0 Å². The first-order valence-corrected chi connectivity index (χ1v) is 7.85. The summed E-state index contributed by atoms with van der Waals surface area (Å²) in [5.74, 6) is -3.11. The van der Waals surface area contributed by atoms with Gasteiger partial charge in [-0.05, 0) is 13.0 Å². The van der Waals surface area contributed by atoms with Gasteiger partial charge in [0, 0.05) is 31.6 Å². The summed E-state index contributed by atoms with van der Waals surface area (Å²) in [5, 5.41) is 7.07. The quantitative estimate of drug-likeness (QED) is 0.665. The third-order valence-corrected chi connectivity index (χ3v) is 4.24. The summed E-state index contributed by atoms with van der Waals surface area (Å²) in [6, 6.07) is 0.533. The van der Waals surface area contributed by atoms with E-state index in [1.807, 2.05) is 0 Å². The molecule has 2 aromatic heterocycles. The molecule has 1 saturated heterocycles. The normalized spacial score (nSPS) is 16.0. The van der Waals surface area contributed by atoms with Gasteiger partial charge in [0.2, 0.25) is 5.95 Å². The number of hydrogen-bond donors (Lipinski definition) is 1. The fraction of sp³-hybridized carbons (Fsp3) is 0.400. The Balaban J connectivity index is 2.07. The van der Waals surface area contributed by atoms with E-state index in [9.17, 15) is 22.0 Å². The Morgan fingerprint density at radius 2 is 1.77 bits per heavy atom. The van der Waals surface area contributed by atoms with Crippen molar-refractivity contribution >= 4 is 22.5 Å². The summed E-state index contributed by atoms with van der Waals surface area (Å²) < 4.78 is 68.9. The number of rotatable bonds is 1. The van der Waals surface area contributed by atoms with Crippen LogP contribution in [0.5, 0.6) is 0 Å². The maximum atomic E-state index is 14.4. The highest BCUT2D eigenvalue weighted by atomic mass is 19.4. The number of aryl methyl sites for hydroxylation is 1. The number of alkyl halides is 3. The minimum Gasteiger partial charge on any atom is -0.338 e. The number of nitrogens with zero attached hydrogens (tertiary/aromatic N) is 5. The largest absolute Gasteiger partial charge is 0.419 e. The van der Waals surface area contributed by atoms with Gasteiger partial charge in [-0.1, -0.05) is 0 Å². The molecule has 0 amide bonds. The second kappa shape index (κ2) is 5.73. The van der Waals surface area contributed by atoms with Crippen molar-refractivity contribution in [3.8, 4) is 0 Å². The van der Waals surface area contributed by atoms with Gasteiger partial charge >= 0.3 is 6.18 Å². The molecule has 0 bridgehead atoms. The molecule has 11 heteroatoms. The molecule has 0 unspecified atom stereocenters. The van der Waals surface area contributed by atoms with Gasteiger partial charge in [-0.15, -0.1) is 5.10 Å². The number of nitrogens with one attached hydrogen (secondary N) is 1. The van der Waals surface area contributed by atoms with Crippen LogP contribution in [0.15, 0.2) is 6.07 Å². The van der Waals surface area contributed by atoms with E-state index in [1.54, 1.807) is 11.8 Å². The number of benzene rings is 1. The summed E-state index contributed by atoms with van der Waals surface area (Å²) >= 11 is 0. The number of piperazine rings is 1. The monoisotopic (exact) mass is 372 g/mol. The van der Waals surface area contributed by atoms with Crippen LogP contribution in [0.4, 0.5) is 27.9 Å². The Bertz CT molecular complexity index is 1010. The third-order valence-electron chi connectivity index (χ3n) is 4.24. The molecule has 0 radical (unpaired) electrons. The van der Waals surface area contributed by atoms with Crippen LogP contribution in [0.2, 0.25) is 0 Å². The van der Waals surface area contributed by atoms with Gasteiger partial charge in [0.1, 0.15) is 11.3 Å². The lowest BCUT2D eigenvalue weighted by Crippen LogP contribution is -2.44. The molecule has 1 aliphatic rings. The van der Waals surface area contributed by atoms with Gasteiger partial charge < -0.3 is 10.2 Å². The molecule has 0 spiro atoms. The Morgan fingerprint density at radius 3 is 2.42 bits per heavy atom. The van der Waals surface area contributed by atoms with E-state index in [-0.39, 0.29) is 22.8 Å². The van der Waals surface area contributed by atoms with Crippen LogP contribution in [-0.4, -0.2) is 45.8 Å². The number of aromatic nitrogens is 4. The van der Waals surface area contributed by atoms with Crippen LogP contribution >= 0.6 is 0 Å². The van der Waals surface area contributed by atoms with Crippen molar-refractivity contribution in [1.82, 2.24) is 24.9 Å². The zero-order valence-corrected chi connectivity index (χ0v) is 13.5. The average Bonchev–Trinajstić information content (AvgIpc) is 2.98. The minimum absolute atomic E-state index is 0.00503.